The van der Waals surface area contributed by atoms with Gasteiger partial charge in [-0.1, -0.05) is 23.7 Å². The number of aliphatic hydroxyl groups excluding tert-OH is 1. The van der Waals surface area contributed by atoms with Gasteiger partial charge in [0.25, 0.3) is 0 Å². The van der Waals surface area contributed by atoms with Crippen LogP contribution in [0, 0.1) is 5.41 Å². The summed E-state index contributed by atoms with van der Waals surface area (Å²) in [7, 11) is 0. The maximum atomic E-state index is 10.2. The van der Waals surface area contributed by atoms with Crippen molar-refractivity contribution in [1.29, 1.82) is 0 Å². The van der Waals surface area contributed by atoms with Crippen LogP contribution in [0.2, 0.25) is 5.02 Å². The fraction of sp³-hybridized carbons (Fsp3) is 0.579. The molecule has 0 amide bonds. The Morgan fingerprint density at radius 3 is 2.61 bits per heavy atom. The monoisotopic (exact) mass is 334 g/mol. The average molecular weight is 335 g/mol. The third-order valence-corrected chi connectivity index (χ3v) is 6.18. The van der Waals surface area contributed by atoms with Gasteiger partial charge in [0.2, 0.25) is 0 Å². The molecular formula is C19H23ClO3. The summed E-state index contributed by atoms with van der Waals surface area (Å²) in [6.45, 7) is 4.24. The van der Waals surface area contributed by atoms with E-state index < -0.39 is 5.79 Å². The fourth-order valence-electron chi connectivity index (χ4n) is 4.32. The minimum atomic E-state index is -0.666. The second-order valence-corrected chi connectivity index (χ2v) is 7.64. The Balaban J connectivity index is 1.87. The smallest absolute Gasteiger partial charge is 0.189 e. The first-order chi connectivity index (χ1) is 11.0. The molecule has 3 aliphatic rings. The molecule has 3 unspecified atom stereocenters. The standard InChI is InChI=1S/C19H23ClO3/c1-12-13(2)23-19(22-12)9-8-18(11-21)7-6-14-4-3-5-16(20)17(14)15(18)10-19/h3-5,10,12-13,21H,6-9,11H2,1-2H3. The van der Waals surface area contributed by atoms with E-state index in [-0.39, 0.29) is 24.2 Å². The van der Waals surface area contributed by atoms with Crippen molar-refractivity contribution in [2.45, 2.75) is 57.5 Å². The summed E-state index contributed by atoms with van der Waals surface area (Å²) in [5.41, 5.74) is 3.22. The number of ether oxygens (including phenoxy) is 2. The number of halogens is 1. The molecule has 0 bridgehead atoms. The molecular weight excluding hydrogens is 312 g/mol. The SMILES string of the molecule is CC1OC2(C=C3c4c(Cl)cccc4CCC3(CO)CC2)OC1C. The van der Waals surface area contributed by atoms with Crippen LogP contribution in [0.1, 0.15) is 44.2 Å². The highest BCUT2D eigenvalue weighted by Crippen LogP contribution is 2.55. The summed E-state index contributed by atoms with van der Waals surface area (Å²) in [4.78, 5) is 0. The molecule has 1 aromatic rings. The maximum Gasteiger partial charge on any atom is 0.189 e. The van der Waals surface area contributed by atoms with Gasteiger partial charge in [-0.2, -0.15) is 0 Å². The summed E-state index contributed by atoms with van der Waals surface area (Å²) >= 11 is 6.53. The number of hydrogen-bond donors (Lipinski definition) is 1. The Morgan fingerprint density at radius 1 is 1.17 bits per heavy atom. The number of rotatable bonds is 1. The van der Waals surface area contributed by atoms with Crippen LogP contribution in [-0.4, -0.2) is 29.7 Å². The molecule has 124 valence electrons. The third kappa shape index (κ3) is 2.29. The predicted octanol–water partition coefficient (Wildman–Crippen LogP) is 3.96. The van der Waals surface area contributed by atoms with Gasteiger partial charge in [0.15, 0.2) is 5.79 Å². The van der Waals surface area contributed by atoms with Gasteiger partial charge in [0, 0.05) is 16.9 Å². The van der Waals surface area contributed by atoms with Gasteiger partial charge in [0.05, 0.1) is 18.8 Å². The van der Waals surface area contributed by atoms with Crippen LogP contribution >= 0.6 is 11.6 Å². The van der Waals surface area contributed by atoms with Crippen molar-refractivity contribution >= 4 is 17.2 Å². The zero-order chi connectivity index (χ0) is 16.2. The predicted molar refractivity (Wildman–Crippen MR) is 90.3 cm³/mol. The lowest BCUT2D eigenvalue weighted by Gasteiger charge is -2.46. The first-order valence-electron chi connectivity index (χ1n) is 8.46. The lowest BCUT2D eigenvalue weighted by molar-refractivity contribution is -0.148. The van der Waals surface area contributed by atoms with E-state index >= 15 is 0 Å². The maximum absolute atomic E-state index is 10.2. The summed E-state index contributed by atoms with van der Waals surface area (Å²) in [6, 6.07) is 6.06. The van der Waals surface area contributed by atoms with Crippen LogP contribution in [0.3, 0.4) is 0 Å². The van der Waals surface area contributed by atoms with Crippen molar-refractivity contribution in [1.82, 2.24) is 0 Å². The molecule has 1 aromatic carbocycles. The molecule has 3 atom stereocenters. The lowest BCUT2D eigenvalue weighted by atomic mass is 9.62. The van der Waals surface area contributed by atoms with Crippen molar-refractivity contribution in [3.05, 3.63) is 40.4 Å². The quantitative estimate of drug-likeness (QED) is 0.844. The van der Waals surface area contributed by atoms with Gasteiger partial charge in [-0.25, -0.2) is 0 Å². The minimum Gasteiger partial charge on any atom is -0.395 e. The normalized spacial score (nSPS) is 39.0. The van der Waals surface area contributed by atoms with Crippen LogP contribution in [0.5, 0.6) is 0 Å². The van der Waals surface area contributed by atoms with E-state index in [1.165, 1.54) is 5.56 Å². The molecule has 2 aliphatic carbocycles. The van der Waals surface area contributed by atoms with Crippen LogP contribution in [0.4, 0.5) is 0 Å². The number of aliphatic hydroxyl groups is 1. The summed E-state index contributed by atoms with van der Waals surface area (Å²) in [5.74, 6) is -0.666. The summed E-state index contributed by atoms with van der Waals surface area (Å²) < 4.78 is 12.3. The van der Waals surface area contributed by atoms with Crippen molar-refractivity contribution in [2.75, 3.05) is 6.61 Å². The average Bonchev–Trinajstić information content (AvgIpc) is 2.81. The Hall–Kier alpha value is -0.870. The van der Waals surface area contributed by atoms with Crippen LogP contribution < -0.4 is 0 Å². The van der Waals surface area contributed by atoms with E-state index in [1.54, 1.807) is 0 Å². The molecule has 1 spiro atoms. The molecule has 23 heavy (non-hydrogen) atoms. The molecule has 1 saturated heterocycles. The van der Waals surface area contributed by atoms with Gasteiger partial charge in [0.1, 0.15) is 0 Å². The number of hydrogen-bond acceptors (Lipinski definition) is 3. The molecule has 4 rings (SSSR count). The van der Waals surface area contributed by atoms with Crippen molar-refractivity contribution in [3.8, 4) is 0 Å². The van der Waals surface area contributed by atoms with E-state index in [1.807, 2.05) is 26.0 Å². The topological polar surface area (TPSA) is 38.7 Å². The zero-order valence-electron chi connectivity index (χ0n) is 13.6. The van der Waals surface area contributed by atoms with E-state index in [4.69, 9.17) is 21.1 Å². The molecule has 1 heterocycles. The molecule has 0 aromatic heterocycles. The molecule has 1 N–H and O–H groups in total. The Morgan fingerprint density at radius 2 is 1.91 bits per heavy atom. The van der Waals surface area contributed by atoms with Crippen molar-refractivity contribution in [2.24, 2.45) is 5.41 Å². The highest BCUT2D eigenvalue weighted by molar-refractivity contribution is 6.32. The van der Waals surface area contributed by atoms with Gasteiger partial charge < -0.3 is 14.6 Å². The first-order valence-corrected chi connectivity index (χ1v) is 8.84. The summed E-state index contributed by atoms with van der Waals surface area (Å²) in [5, 5.41) is 10.9. The van der Waals surface area contributed by atoms with Gasteiger partial charge in [-0.15, -0.1) is 0 Å². The molecule has 3 nitrogen and oxygen atoms in total. The number of fused-ring (bicyclic) bond motifs is 3. The van der Waals surface area contributed by atoms with Gasteiger partial charge in [-0.05, 0) is 62.0 Å². The Labute approximate surface area is 142 Å². The fourth-order valence-corrected chi connectivity index (χ4v) is 4.62. The first kappa shape index (κ1) is 15.6. The van der Waals surface area contributed by atoms with Crippen LogP contribution in [-0.2, 0) is 15.9 Å². The van der Waals surface area contributed by atoms with E-state index in [9.17, 15) is 5.11 Å². The Bertz CT molecular complexity index is 659. The van der Waals surface area contributed by atoms with Crippen molar-refractivity contribution in [3.63, 3.8) is 0 Å². The second-order valence-electron chi connectivity index (χ2n) is 7.23. The van der Waals surface area contributed by atoms with E-state index in [0.717, 1.165) is 41.8 Å². The Kier molecular flexibility index (Phi) is 3.62. The molecule has 1 aliphatic heterocycles. The highest BCUT2D eigenvalue weighted by atomic mass is 35.5. The summed E-state index contributed by atoms with van der Waals surface area (Å²) in [6.07, 6.45) is 5.80. The third-order valence-electron chi connectivity index (χ3n) is 5.86. The van der Waals surface area contributed by atoms with Gasteiger partial charge in [-0.3, -0.25) is 0 Å². The molecule has 1 fully saturated rings. The highest BCUT2D eigenvalue weighted by Gasteiger charge is 2.51. The molecule has 0 radical (unpaired) electrons. The molecule has 0 saturated carbocycles. The van der Waals surface area contributed by atoms with E-state index in [2.05, 4.69) is 12.1 Å². The van der Waals surface area contributed by atoms with Gasteiger partial charge >= 0.3 is 0 Å². The molecule has 4 heteroatoms. The van der Waals surface area contributed by atoms with E-state index in [0.29, 0.717) is 0 Å². The lowest BCUT2D eigenvalue weighted by Crippen LogP contribution is -2.42. The van der Waals surface area contributed by atoms with Crippen LogP contribution in [0.15, 0.2) is 24.3 Å². The largest absolute Gasteiger partial charge is 0.395 e. The number of benzene rings is 1. The number of aryl methyl sites for hydroxylation is 1. The second kappa shape index (κ2) is 5.32. The van der Waals surface area contributed by atoms with Crippen LogP contribution in [0.25, 0.3) is 5.57 Å². The zero-order valence-corrected chi connectivity index (χ0v) is 14.4. The minimum absolute atomic E-state index is 0.0720. The van der Waals surface area contributed by atoms with Crippen molar-refractivity contribution < 1.29 is 14.6 Å².